The van der Waals surface area contributed by atoms with Crippen molar-refractivity contribution in [1.82, 2.24) is 14.8 Å². The van der Waals surface area contributed by atoms with Gasteiger partial charge in [-0.1, -0.05) is 29.5 Å². The van der Waals surface area contributed by atoms with Crippen molar-refractivity contribution < 1.29 is 4.79 Å². The van der Waals surface area contributed by atoms with E-state index in [1.54, 1.807) is 39.1 Å². The maximum Gasteiger partial charge on any atom is 0.235 e. The van der Waals surface area contributed by atoms with Gasteiger partial charge in [-0.25, -0.2) is 4.98 Å². The summed E-state index contributed by atoms with van der Waals surface area (Å²) in [5, 5.41) is 10.7. The molecule has 5 nitrogen and oxygen atoms in total. The van der Waals surface area contributed by atoms with Gasteiger partial charge >= 0.3 is 0 Å². The predicted molar refractivity (Wildman–Crippen MR) is 109 cm³/mol. The monoisotopic (exact) mass is 398 g/mol. The highest BCUT2D eigenvalue weighted by Crippen LogP contribution is 2.45. The lowest BCUT2D eigenvalue weighted by molar-refractivity contribution is -0.113. The number of fused-ring (bicyclic) bond motifs is 2. The second-order valence-corrected chi connectivity index (χ2v) is 9.06. The standard InChI is InChI=1S/C18H14N4OS3/c1-10-15-16(13-7-4-8-24-13)25-9-14(23)20-17(15)22(21-10)18-19-11-5-2-3-6-12(11)26-18/h2-8,16H,9H2,1H3,(H,20,23)/t16-/m1/s1. The Morgan fingerprint density at radius 2 is 2.12 bits per heavy atom. The number of nitrogens with zero attached hydrogens (tertiary/aromatic N) is 3. The van der Waals surface area contributed by atoms with E-state index in [9.17, 15) is 4.79 Å². The van der Waals surface area contributed by atoms with Crippen LogP contribution in [0.15, 0.2) is 41.8 Å². The predicted octanol–water partition coefficient (Wildman–Crippen LogP) is 4.63. The summed E-state index contributed by atoms with van der Waals surface area (Å²) in [7, 11) is 0. The summed E-state index contributed by atoms with van der Waals surface area (Å²) in [5.41, 5.74) is 2.94. The highest BCUT2D eigenvalue weighted by atomic mass is 32.2. The Bertz CT molecular complexity index is 1080. The quantitative estimate of drug-likeness (QED) is 0.535. The van der Waals surface area contributed by atoms with Crippen LogP contribution in [-0.2, 0) is 4.79 Å². The van der Waals surface area contributed by atoms with E-state index in [0.29, 0.717) is 5.75 Å². The molecular formula is C18H14N4OS3. The molecule has 1 amide bonds. The number of amides is 1. The molecule has 0 radical (unpaired) electrons. The average Bonchev–Trinajstić information content (AvgIpc) is 3.33. The van der Waals surface area contributed by atoms with E-state index in [0.717, 1.165) is 32.4 Å². The minimum Gasteiger partial charge on any atom is -0.310 e. The Labute approximate surface area is 162 Å². The molecule has 0 spiro atoms. The van der Waals surface area contributed by atoms with E-state index in [1.165, 1.54) is 4.88 Å². The molecule has 26 heavy (non-hydrogen) atoms. The Morgan fingerprint density at radius 3 is 2.92 bits per heavy atom. The second-order valence-electron chi connectivity index (χ2n) is 5.98. The van der Waals surface area contributed by atoms with Crippen LogP contribution in [0.4, 0.5) is 5.82 Å². The number of para-hydroxylation sites is 1. The first kappa shape index (κ1) is 16.0. The number of thiophene rings is 1. The fraction of sp³-hybridized carbons (Fsp3) is 0.167. The van der Waals surface area contributed by atoms with E-state index in [-0.39, 0.29) is 11.2 Å². The van der Waals surface area contributed by atoms with Crippen molar-refractivity contribution in [1.29, 1.82) is 0 Å². The average molecular weight is 399 g/mol. The van der Waals surface area contributed by atoms with Gasteiger partial charge in [0.05, 0.1) is 26.9 Å². The topological polar surface area (TPSA) is 59.8 Å². The van der Waals surface area contributed by atoms with Crippen molar-refractivity contribution in [3.05, 3.63) is 57.9 Å². The van der Waals surface area contributed by atoms with Crippen molar-refractivity contribution in [2.24, 2.45) is 0 Å². The number of thiazole rings is 1. The molecular weight excluding hydrogens is 384 g/mol. The van der Waals surface area contributed by atoms with Crippen LogP contribution >= 0.6 is 34.4 Å². The number of anilines is 1. The molecule has 0 saturated heterocycles. The SMILES string of the molecule is Cc1nn(-c2nc3ccccc3s2)c2c1[C@@H](c1cccs1)SCC(=O)N2. The number of aryl methyl sites for hydroxylation is 1. The van der Waals surface area contributed by atoms with E-state index < -0.39 is 0 Å². The molecule has 1 atom stereocenters. The molecule has 0 unspecified atom stereocenters. The maximum absolute atomic E-state index is 12.3. The van der Waals surface area contributed by atoms with Crippen molar-refractivity contribution >= 4 is 56.4 Å². The highest BCUT2D eigenvalue weighted by Gasteiger charge is 2.31. The fourth-order valence-corrected chi connectivity index (χ4v) is 6.23. The third-order valence-corrected chi connectivity index (χ3v) is 7.62. The van der Waals surface area contributed by atoms with Crippen LogP contribution in [0.5, 0.6) is 0 Å². The molecule has 4 heterocycles. The molecule has 3 aromatic heterocycles. The number of benzene rings is 1. The van der Waals surface area contributed by atoms with Crippen LogP contribution in [0.2, 0.25) is 0 Å². The summed E-state index contributed by atoms with van der Waals surface area (Å²) in [5.74, 6) is 1.17. The normalized spacial score (nSPS) is 17.1. The van der Waals surface area contributed by atoms with Gasteiger partial charge in [-0.3, -0.25) is 4.79 Å². The smallest absolute Gasteiger partial charge is 0.235 e. The molecule has 8 heteroatoms. The van der Waals surface area contributed by atoms with Gasteiger partial charge in [0.1, 0.15) is 5.82 Å². The first-order valence-electron chi connectivity index (χ1n) is 8.11. The largest absolute Gasteiger partial charge is 0.310 e. The Morgan fingerprint density at radius 1 is 1.23 bits per heavy atom. The van der Waals surface area contributed by atoms with Crippen molar-refractivity contribution in [2.45, 2.75) is 12.2 Å². The third kappa shape index (κ3) is 2.56. The van der Waals surface area contributed by atoms with E-state index >= 15 is 0 Å². The number of rotatable bonds is 2. The molecule has 0 fully saturated rings. The summed E-state index contributed by atoms with van der Waals surface area (Å²) in [6.07, 6.45) is 0. The molecule has 0 saturated carbocycles. The van der Waals surface area contributed by atoms with Gasteiger partial charge in [0, 0.05) is 10.4 Å². The summed E-state index contributed by atoms with van der Waals surface area (Å²) in [4.78, 5) is 18.3. The molecule has 4 aromatic rings. The maximum atomic E-state index is 12.3. The molecule has 0 aliphatic carbocycles. The van der Waals surface area contributed by atoms with Crippen LogP contribution in [0.1, 0.15) is 21.4 Å². The lowest BCUT2D eigenvalue weighted by atomic mass is 10.1. The molecule has 1 aromatic carbocycles. The molecule has 5 rings (SSSR count). The zero-order valence-electron chi connectivity index (χ0n) is 13.8. The number of hydrogen-bond donors (Lipinski definition) is 1. The van der Waals surface area contributed by atoms with Crippen molar-refractivity contribution in [3.8, 4) is 5.13 Å². The number of thioether (sulfide) groups is 1. The zero-order valence-corrected chi connectivity index (χ0v) is 16.3. The number of aromatic nitrogens is 3. The molecule has 0 bridgehead atoms. The lowest BCUT2D eigenvalue weighted by Gasteiger charge is -2.12. The Hall–Kier alpha value is -2.16. The summed E-state index contributed by atoms with van der Waals surface area (Å²) < 4.78 is 2.90. The van der Waals surface area contributed by atoms with Gasteiger partial charge in [-0.05, 0) is 30.5 Å². The number of nitrogens with one attached hydrogen (secondary N) is 1. The minimum atomic E-state index is -0.00225. The van der Waals surface area contributed by atoms with E-state index in [4.69, 9.17) is 10.1 Å². The Kier molecular flexibility index (Phi) is 3.84. The minimum absolute atomic E-state index is 0.00225. The van der Waals surface area contributed by atoms with Crippen LogP contribution < -0.4 is 5.32 Å². The van der Waals surface area contributed by atoms with Gasteiger partial charge in [0.15, 0.2) is 0 Å². The van der Waals surface area contributed by atoms with E-state index in [1.807, 2.05) is 31.2 Å². The first-order valence-corrected chi connectivity index (χ1v) is 10.9. The summed E-state index contributed by atoms with van der Waals surface area (Å²) in [6, 6.07) is 12.2. The van der Waals surface area contributed by atoms with Gasteiger partial charge in [-0.15, -0.1) is 23.1 Å². The molecule has 130 valence electrons. The second kappa shape index (κ2) is 6.22. The third-order valence-electron chi connectivity index (χ3n) is 4.27. The lowest BCUT2D eigenvalue weighted by Crippen LogP contribution is -2.15. The summed E-state index contributed by atoms with van der Waals surface area (Å²) in [6.45, 7) is 2.00. The van der Waals surface area contributed by atoms with Crippen LogP contribution in [-0.4, -0.2) is 26.4 Å². The van der Waals surface area contributed by atoms with Gasteiger partial charge in [-0.2, -0.15) is 9.78 Å². The number of hydrogen-bond acceptors (Lipinski definition) is 6. The van der Waals surface area contributed by atoms with E-state index in [2.05, 4.69) is 22.8 Å². The number of carbonyl (C=O) groups is 1. The van der Waals surface area contributed by atoms with Gasteiger partial charge < -0.3 is 5.32 Å². The first-order chi connectivity index (χ1) is 12.7. The van der Waals surface area contributed by atoms with Crippen LogP contribution in [0.25, 0.3) is 15.3 Å². The molecule has 1 aliphatic heterocycles. The van der Waals surface area contributed by atoms with Crippen molar-refractivity contribution in [2.75, 3.05) is 11.1 Å². The molecule has 1 N–H and O–H groups in total. The zero-order chi connectivity index (χ0) is 17.7. The molecule has 1 aliphatic rings. The Balaban J connectivity index is 1.71. The van der Waals surface area contributed by atoms with Crippen molar-refractivity contribution in [3.63, 3.8) is 0 Å². The highest BCUT2D eigenvalue weighted by molar-refractivity contribution is 8.00. The fourth-order valence-electron chi connectivity index (χ4n) is 3.14. The van der Waals surface area contributed by atoms with Gasteiger partial charge in [0.25, 0.3) is 0 Å². The van der Waals surface area contributed by atoms with Crippen LogP contribution in [0.3, 0.4) is 0 Å². The van der Waals surface area contributed by atoms with Gasteiger partial charge in [0.2, 0.25) is 11.0 Å². The van der Waals surface area contributed by atoms with Crippen LogP contribution in [0, 0.1) is 6.92 Å². The summed E-state index contributed by atoms with van der Waals surface area (Å²) >= 11 is 4.94. The number of carbonyl (C=O) groups excluding carboxylic acids is 1.